The summed E-state index contributed by atoms with van der Waals surface area (Å²) in [6.45, 7) is 2.90. The molecule has 1 aliphatic rings. The van der Waals surface area contributed by atoms with Gasteiger partial charge in [0.15, 0.2) is 6.10 Å². The van der Waals surface area contributed by atoms with E-state index in [0.717, 1.165) is 0 Å². The molecule has 4 heteroatoms. The van der Waals surface area contributed by atoms with Gasteiger partial charge in [-0.1, -0.05) is 0 Å². The number of nitrogens with zero attached hydrogens (tertiary/aromatic N) is 1. The van der Waals surface area contributed by atoms with E-state index >= 15 is 0 Å². The number of morpholine rings is 1. The molecule has 2 unspecified atom stereocenters. The maximum atomic E-state index is 11.4. The van der Waals surface area contributed by atoms with Crippen molar-refractivity contribution in [3.63, 3.8) is 0 Å². The summed E-state index contributed by atoms with van der Waals surface area (Å²) in [6, 6.07) is 0.172. The Kier molecular flexibility index (Phi) is 3.05. The molecule has 1 saturated heterocycles. The monoisotopic (exact) mass is 173 g/mol. The summed E-state index contributed by atoms with van der Waals surface area (Å²) in [5.74, 6) is 0.00981. The minimum atomic E-state index is -0.406. The number of carbonyl (C=O) groups excluding carboxylic acids is 1. The summed E-state index contributed by atoms with van der Waals surface area (Å²) in [6.07, 6.45) is -0.406. The number of carbonyl (C=O) groups is 1. The summed E-state index contributed by atoms with van der Waals surface area (Å²) >= 11 is 0. The fourth-order valence-corrected chi connectivity index (χ4v) is 1.15. The molecule has 0 aromatic rings. The lowest BCUT2D eigenvalue weighted by molar-refractivity contribution is -0.160. The molecule has 0 spiro atoms. The Morgan fingerprint density at radius 1 is 1.75 bits per heavy atom. The number of rotatable bonds is 2. The predicted molar refractivity (Wildman–Crippen MR) is 43.8 cm³/mol. The van der Waals surface area contributed by atoms with E-state index in [-0.39, 0.29) is 11.9 Å². The molecule has 4 nitrogen and oxygen atoms in total. The Morgan fingerprint density at radius 3 is 3.00 bits per heavy atom. The van der Waals surface area contributed by atoms with Crippen molar-refractivity contribution < 1.29 is 14.3 Å². The fourth-order valence-electron chi connectivity index (χ4n) is 1.15. The molecule has 0 aliphatic carbocycles. The van der Waals surface area contributed by atoms with Crippen LogP contribution in [0.4, 0.5) is 0 Å². The lowest BCUT2D eigenvalue weighted by atomic mass is 10.2. The summed E-state index contributed by atoms with van der Waals surface area (Å²) in [4.78, 5) is 13.1. The minimum Gasteiger partial charge on any atom is -0.381 e. The van der Waals surface area contributed by atoms with E-state index in [2.05, 4.69) is 0 Å². The first-order valence-electron chi connectivity index (χ1n) is 4.04. The van der Waals surface area contributed by atoms with E-state index in [0.29, 0.717) is 13.2 Å². The molecule has 0 N–H and O–H groups in total. The van der Waals surface area contributed by atoms with Gasteiger partial charge in [-0.2, -0.15) is 0 Å². The van der Waals surface area contributed by atoms with Crippen molar-refractivity contribution >= 4 is 5.91 Å². The zero-order chi connectivity index (χ0) is 9.14. The van der Waals surface area contributed by atoms with E-state index in [1.165, 1.54) is 0 Å². The Hall–Kier alpha value is -0.610. The second kappa shape index (κ2) is 3.87. The van der Waals surface area contributed by atoms with Crippen LogP contribution in [-0.2, 0) is 14.3 Å². The third kappa shape index (κ3) is 1.76. The number of methoxy groups -OCH3 is 1. The van der Waals surface area contributed by atoms with Crippen LogP contribution in [0, 0.1) is 0 Å². The summed E-state index contributed by atoms with van der Waals surface area (Å²) < 4.78 is 10.2. The van der Waals surface area contributed by atoms with Gasteiger partial charge in [-0.3, -0.25) is 4.79 Å². The van der Waals surface area contributed by atoms with Crippen molar-refractivity contribution in [2.75, 3.05) is 27.4 Å². The molecule has 0 aromatic carbocycles. The Balaban J connectivity index is 2.53. The van der Waals surface area contributed by atoms with Crippen LogP contribution >= 0.6 is 0 Å². The number of likely N-dealkylation sites (N-methyl/N-ethyl adjacent to an activating group) is 1. The van der Waals surface area contributed by atoms with E-state index in [1.807, 2.05) is 6.92 Å². The maximum Gasteiger partial charge on any atom is 0.254 e. The first-order chi connectivity index (χ1) is 5.66. The molecule has 1 heterocycles. The number of hydrogen-bond donors (Lipinski definition) is 0. The van der Waals surface area contributed by atoms with Gasteiger partial charge in [0, 0.05) is 14.2 Å². The SMILES string of the molecule is COCC1OCC(C)N(C)C1=O. The summed E-state index contributed by atoms with van der Waals surface area (Å²) in [5, 5.41) is 0. The van der Waals surface area contributed by atoms with Gasteiger partial charge in [0.2, 0.25) is 0 Å². The number of hydrogen-bond acceptors (Lipinski definition) is 3. The highest BCUT2D eigenvalue weighted by molar-refractivity contribution is 5.81. The van der Waals surface area contributed by atoms with E-state index in [4.69, 9.17) is 9.47 Å². The van der Waals surface area contributed by atoms with Crippen molar-refractivity contribution in [2.24, 2.45) is 0 Å². The summed E-state index contributed by atoms with van der Waals surface area (Å²) in [5.41, 5.74) is 0. The Morgan fingerprint density at radius 2 is 2.42 bits per heavy atom. The molecule has 0 aromatic heterocycles. The zero-order valence-electron chi connectivity index (χ0n) is 7.74. The van der Waals surface area contributed by atoms with Gasteiger partial charge in [0.05, 0.1) is 19.3 Å². The van der Waals surface area contributed by atoms with Crippen LogP contribution in [0.25, 0.3) is 0 Å². The minimum absolute atomic E-state index is 0.00981. The van der Waals surface area contributed by atoms with Crippen molar-refractivity contribution in [3.8, 4) is 0 Å². The van der Waals surface area contributed by atoms with Crippen molar-refractivity contribution in [1.82, 2.24) is 4.90 Å². The van der Waals surface area contributed by atoms with Gasteiger partial charge in [-0.15, -0.1) is 0 Å². The standard InChI is InChI=1S/C8H15NO3/c1-6-4-12-7(5-11-3)8(10)9(6)2/h6-7H,4-5H2,1-3H3. The molecule has 0 radical (unpaired) electrons. The van der Waals surface area contributed by atoms with Crippen LogP contribution in [0.2, 0.25) is 0 Å². The molecular formula is C8H15NO3. The lowest BCUT2D eigenvalue weighted by Crippen LogP contribution is -2.52. The second-order valence-corrected chi connectivity index (χ2v) is 3.08. The molecule has 2 atom stereocenters. The molecule has 0 bridgehead atoms. The molecule has 1 fully saturated rings. The fraction of sp³-hybridized carbons (Fsp3) is 0.875. The van der Waals surface area contributed by atoms with Gasteiger partial charge in [0.25, 0.3) is 5.91 Å². The molecule has 1 rings (SSSR count). The van der Waals surface area contributed by atoms with E-state index < -0.39 is 6.10 Å². The Bertz CT molecular complexity index is 172. The third-order valence-corrected chi connectivity index (χ3v) is 2.14. The van der Waals surface area contributed by atoms with Crippen LogP contribution in [0.5, 0.6) is 0 Å². The average molecular weight is 173 g/mol. The molecule has 0 saturated carbocycles. The van der Waals surface area contributed by atoms with Gasteiger partial charge in [0.1, 0.15) is 0 Å². The molecule has 1 aliphatic heterocycles. The number of ether oxygens (including phenoxy) is 2. The van der Waals surface area contributed by atoms with Gasteiger partial charge >= 0.3 is 0 Å². The molecule has 1 amide bonds. The molecule has 70 valence electrons. The van der Waals surface area contributed by atoms with Crippen LogP contribution in [0.15, 0.2) is 0 Å². The van der Waals surface area contributed by atoms with Crippen molar-refractivity contribution in [1.29, 1.82) is 0 Å². The van der Waals surface area contributed by atoms with E-state index in [1.54, 1.807) is 19.1 Å². The quantitative estimate of drug-likeness (QED) is 0.584. The smallest absolute Gasteiger partial charge is 0.254 e. The highest BCUT2D eigenvalue weighted by Crippen LogP contribution is 2.10. The highest BCUT2D eigenvalue weighted by Gasteiger charge is 2.31. The first-order valence-corrected chi connectivity index (χ1v) is 4.04. The van der Waals surface area contributed by atoms with Crippen molar-refractivity contribution in [2.45, 2.75) is 19.1 Å². The average Bonchev–Trinajstić information content (AvgIpc) is 2.07. The van der Waals surface area contributed by atoms with Crippen molar-refractivity contribution in [3.05, 3.63) is 0 Å². The third-order valence-electron chi connectivity index (χ3n) is 2.14. The lowest BCUT2D eigenvalue weighted by Gasteiger charge is -2.34. The topological polar surface area (TPSA) is 38.8 Å². The highest BCUT2D eigenvalue weighted by atomic mass is 16.5. The second-order valence-electron chi connectivity index (χ2n) is 3.08. The van der Waals surface area contributed by atoms with Crippen LogP contribution in [0.1, 0.15) is 6.92 Å². The largest absolute Gasteiger partial charge is 0.381 e. The predicted octanol–water partition coefficient (Wildman–Crippen LogP) is -0.121. The van der Waals surface area contributed by atoms with Crippen LogP contribution in [-0.4, -0.2) is 50.3 Å². The van der Waals surface area contributed by atoms with Gasteiger partial charge in [-0.25, -0.2) is 0 Å². The van der Waals surface area contributed by atoms with Gasteiger partial charge < -0.3 is 14.4 Å². The van der Waals surface area contributed by atoms with Crippen LogP contribution in [0.3, 0.4) is 0 Å². The van der Waals surface area contributed by atoms with Crippen LogP contribution < -0.4 is 0 Å². The number of amides is 1. The first kappa shape index (κ1) is 9.48. The molecular weight excluding hydrogens is 158 g/mol. The summed E-state index contributed by atoms with van der Waals surface area (Å²) in [7, 11) is 3.35. The van der Waals surface area contributed by atoms with E-state index in [9.17, 15) is 4.79 Å². The van der Waals surface area contributed by atoms with Gasteiger partial charge in [-0.05, 0) is 6.92 Å². The Labute approximate surface area is 72.4 Å². The zero-order valence-corrected chi connectivity index (χ0v) is 7.74. The molecule has 12 heavy (non-hydrogen) atoms. The maximum absolute atomic E-state index is 11.4. The normalized spacial score (nSPS) is 30.9.